The fourth-order valence-corrected chi connectivity index (χ4v) is 3.91. The number of carbonyl (C=O) groups excluding carboxylic acids is 1. The van der Waals surface area contributed by atoms with Crippen molar-refractivity contribution < 1.29 is 24.2 Å². The Morgan fingerprint density at radius 2 is 1.73 bits per heavy atom. The van der Waals surface area contributed by atoms with E-state index in [1.165, 1.54) is 33.5 Å². The maximum absolute atomic E-state index is 12.8. The summed E-state index contributed by atoms with van der Waals surface area (Å²) in [6.07, 6.45) is 3.45. The number of methoxy groups -OCH3 is 2. The zero-order valence-corrected chi connectivity index (χ0v) is 22.3. The molecule has 0 saturated heterocycles. The number of carboxylic acids is 1. The minimum Gasteiger partial charge on any atom is -0.493 e. The van der Waals surface area contributed by atoms with Crippen LogP contribution in [0.25, 0.3) is 5.95 Å². The van der Waals surface area contributed by atoms with Gasteiger partial charge in [0, 0.05) is 30.8 Å². The van der Waals surface area contributed by atoms with Crippen LogP contribution < -0.4 is 20.9 Å². The second-order valence-corrected chi connectivity index (χ2v) is 8.52. The van der Waals surface area contributed by atoms with Gasteiger partial charge in [-0.2, -0.15) is 0 Å². The van der Waals surface area contributed by atoms with Crippen LogP contribution in [0.15, 0.2) is 59.7 Å². The standard InChI is InChI=1S/C25H25N7O4.C2H4O2/c1-14(33)18-12-17(13-20(35-2)21(18)36-3)19(11-15-5-7-16(8-6-15)22(26)27)23-30-25(34)32(31-23)24-28-9-4-10-29-24;1-2(3)4/h4-10,12-13,19H,11H2,1-3H3,(H3,26,27)(H,30,31,34);1H3,(H,3,4). The number of ketones is 1. The van der Waals surface area contributed by atoms with Crippen molar-refractivity contribution in [2.75, 3.05) is 14.2 Å². The van der Waals surface area contributed by atoms with E-state index in [2.05, 4.69) is 20.1 Å². The number of aromatic nitrogens is 5. The molecule has 0 radical (unpaired) electrons. The first kappa shape index (κ1) is 29.2. The second kappa shape index (κ2) is 13.0. The fourth-order valence-electron chi connectivity index (χ4n) is 3.91. The van der Waals surface area contributed by atoms with Crippen LogP contribution >= 0.6 is 0 Å². The van der Waals surface area contributed by atoms with Crippen molar-refractivity contribution in [1.82, 2.24) is 24.7 Å². The molecule has 4 rings (SSSR count). The van der Waals surface area contributed by atoms with Gasteiger partial charge in [0.15, 0.2) is 17.3 Å². The zero-order chi connectivity index (χ0) is 29.4. The van der Waals surface area contributed by atoms with E-state index in [4.69, 9.17) is 30.5 Å². The minimum absolute atomic E-state index is 0.0324. The van der Waals surface area contributed by atoms with E-state index in [0.29, 0.717) is 40.4 Å². The van der Waals surface area contributed by atoms with Crippen LogP contribution in [0.3, 0.4) is 0 Å². The first-order valence-corrected chi connectivity index (χ1v) is 11.9. The Morgan fingerprint density at radius 1 is 1.10 bits per heavy atom. The number of Topliss-reactive ketones (excluding diaryl/α,β-unsaturated/α-hetero) is 1. The van der Waals surface area contributed by atoms with Crippen LogP contribution in [-0.4, -0.2) is 61.6 Å². The van der Waals surface area contributed by atoms with E-state index in [1.807, 2.05) is 12.1 Å². The topological polar surface area (TPSA) is 199 Å². The van der Waals surface area contributed by atoms with Gasteiger partial charge in [0.1, 0.15) is 11.7 Å². The Hall–Kier alpha value is -5.33. The number of hydrogen-bond donors (Lipinski definition) is 4. The van der Waals surface area contributed by atoms with Gasteiger partial charge in [0.25, 0.3) is 11.9 Å². The van der Waals surface area contributed by atoms with Gasteiger partial charge >= 0.3 is 5.69 Å². The Kier molecular flexibility index (Phi) is 9.47. The first-order valence-electron chi connectivity index (χ1n) is 11.9. The number of ether oxygens (including phenoxy) is 2. The lowest BCUT2D eigenvalue weighted by Gasteiger charge is -2.19. The van der Waals surface area contributed by atoms with Crippen molar-refractivity contribution in [2.24, 2.45) is 5.73 Å². The summed E-state index contributed by atoms with van der Waals surface area (Å²) < 4.78 is 12.0. The minimum atomic E-state index is -0.833. The molecular formula is C27H29N7O6. The molecule has 40 heavy (non-hydrogen) atoms. The molecule has 208 valence electrons. The molecule has 0 aliphatic rings. The number of hydrogen-bond acceptors (Lipinski definition) is 9. The molecule has 1 atom stereocenters. The van der Waals surface area contributed by atoms with Crippen LogP contribution in [0.1, 0.15) is 52.6 Å². The van der Waals surface area contributed by atoms with Crippen molar-refractivity contribution in [3.8, 4) is 17.4 Å². The molecule has 5 N–H and O–H groups in total. The van der Waals surface area contributed by atoms with E-state index in [-0.39, 0.29) is 17.6 Å². The van der Waals surface area contributed by atoms with E-state index in [1.54, 1.807) is 30.3 Å². The summed E-state index contributed by atoms with van der Waals surface area (Å²) in [6.45, 7) is 2.53. The van der Waals surface area contributed by atoms with Gasteiger partial charge in [-0.25, -0.2) is 14.8 Å². The number of carbonyl (C=O) groups is 2. The number of nitrogens with zero attached hydrogens (tertiary/aromatic N) is 4. The lowest BCUT2D eigenvalue weighted by Crippen LogP contribution is -2.18. The molecule has 0 spiro atoms. The molecule has 4 aromatic rings. The van der Waals surface area contributed by atoms with Crippen LogP contribution in [-0.2, 0) is 11.2 Å². The predicted octanol–water partition coefficient (Wildman–Crippen LogP) is 2.32. The number of nitrogen functional groups attached to an aromatic ring is 1. The molecule has 2 aromatic carbocycles. The zero-order valence-electron chi connectivity index (χ0n) is 22.3. The van der Waals surface area contributed by atoms with E-state index < -0.39 is 17.6 Å². The third kappa shape index (κ3) is 6.95. The van der Waals surface area contributed by atoms with Crippen LogP contribution in [0.4, 0.5) is 0 Å². The number of nitrogens with one attached hydrogen (secondary N) is 2. The van der Waals surface area contributed by atoms with Crippen molar-refractivity contribution in [3.05, 3.63) is 93.4 Å². The average molecular weight is 548 g/mol. The van der Waals surface area contributed by atoms with Crippen molar-refractivity contribution >= 4 is 17.6 Å². The highest BCUT2D eigenvalue weighted by Gasteiger charge is 2.25. The molecular weight excluding hydrogens is 518 g/mol. The summed E-state index contributed by atoms with van der Waals surface area (Å²) in [5.74, 6) is -0.358. The number of amidine groups is 1. The van der Waals surface area contributed by atoms with Crippen molar-refractivity contribution in [2.45, 2.75) is 26.2 Å². The molecule has 13 heteroatoms. The van der Waals surface area contributed by atoms with E-state index in [9.17, 15) is 9.59 Å². The van der Waals surface area contributed by atoms with E-state index in [0.717, 1.165) is 17.2 Å². The summed E-state index contributed by atoms with van der Waals surface area (Å²) in [7, 11) is 2.96. The van der Waals surface area contributed by atoms with Crippen LogP contribution in [0.2, 0.25) is 0 Å². The normalized spacial score (nSPS) is 11.1. The first-order chi connectivity index (χ1) is 19.0. The molecule has 2 aromatic heterocycles. The highest BCUT2D eigenvalue weighted by molar-refractivity contribution is 5.98. The lowest BCUT2D eigenvalue weighted by molar-refractivity contribution is -0.134. The Bertz CT molecular complexity index is 1560. The predicted molar refractivity (Wildman–Crippen MR) is 146 cm³/mol. The van der Waals surface area contributed by atoms with Gasteiger partial charge in [-0.05, 0) is 42.7 Å². The summed E-state index contributed by atoms with van der Waals surface area (Å²) >= 11 is 0. The number of aromatic amines is 1. The summed E-state index contributed by atoms with van der Waals surface area (Å²) in [5.41, 5.74) is 7.61. The Morgan fingerprint density at radius 3 is 2.25 bits per heavy atom. The third-order valence-corrected chi connectivity index (χ3v) is 5.69. The number of benzene rings is 2. The van der Waals surface area contributed by atoms with Gasteiger partial charge in [-0.15, -0.1) is 9.78 Å². The van der Waals surface area contributed by atoms with Crippen molar-refractivity contribution in [3.63, 3.8) is 0 Å². The van der Waals surface area contributed by atoms with Crippen molar-refractivity contribution in [1.29, 1.82) is 5.41 Å². The average Bonchev–Trinajstić information content (AvgIpc) is 3.32. The molecule has 0 amide bonds. The molecule has 2 heterocycles. The van der Waals surface area contributed by atoms with Gasteiger partial charge < -0.3 is 20.3 Å². The Balaban J connectivity index is 0.00000103. The largest absolute Gasteiger partial charge is 0.493 e. The number of carboxylic acid groups (broad SMARTS) is 1. The van der Waals surface area contributed by atoms with E-state index >= 15 is 0 Å². The maximum atomic E-state index is 12.8. The van der Waals surface area contributed by atoms with Gasteiger partial charge in [-0.1, -0.05) is 24.3 Å². The fraction of sp³-hybridized carbons (Fsp3) is 0.222. The number of nitrogens with two attached hydrogens (primary N) is 1. The summed E-state index contributed by atoms with van der Waals surface area (Å²) in [4.78, 5) is 45.3. The highest BCUT2D eigenvalue weighted by atomic mass is 16.5. The van der Waals surface area contributed by atoms with Gasteiger partial charge in [-0.3, -0.25) is 20.0 Å². The monoisotopic (exact) mass is 547 g/mol. The molecule has 0 aliphatic carbocycles. The molecule has 0 bridgehead atoms. The number of rotatable bonds is 9. The smallest absolute Gasteiger partial charge is 0.350 e. The summed E-state index contributed by atoms with van der Waals surface area (Å²) in [6, 6.07) is 12.3. The SMILES string of the molecule is CC(=O)O.COc1cc(C(Cc2ccc(C(=N)N)cc2)c2nn(-c3ncccn3)c(=O)[nH]2)cc(C(C)=O)c1OC. The molecule has 0 saturated carbocycles. The second-order valence-electron chi connectivity index (χ2n) is 8.52. The third-order valence-electron chi connectivity index (χ3n) is 5.69. The lowest BCUT2D eigenvalue weighted by atomic mass is 9.89. The molecule has 0 aliphatic heterocycles. The van der Waals surface area contributed by atoms with Crippen LogP contribution in [0.5, 0.6) is 11.5 Å². The molecule has 0 fully saturated rings. The summed E-state index contributed by atoms with van der Waals surface area (Å²) in [5, 5.41) is 19.5. The van der Waals surface area contributed by atoms with Gasteiger partial charge in [0.2, 0.25) is 0 Å². The molecule has 1 unspecified atom stereocenters. The Labute approximate surface area is 229 Å². The maximum Gasteiger partial charge on any atom is 0.350 e. The highest BCUT2D eigenvalue weighted by Crippen LogP contribution is 2.37. The van der Waals surface area contributed by atoms with Gasteiger partial charge in [0.05, 0.1) is 19.8 Å². The molecule has 13 nitrogen and oxygen atoms in total. The number of aliphatic carboxylic acids is 1. The quantitative estimate of drug-likeness (QED) is 0.137. The number of H-pyrrole nitrogens is 1. The van der Waals surface area contributed by atoms with Crippen LogP contribution in [0, 0.1) is 5.41 Å².